The van der Waals surface area contributed by atoms with Crippen LogP contribution in [0.1, 0.15) is 20.3 Å². The van der Waals surface area contributed by atoms with Gasteiger partial charge in [-0.25, -0.2) is 0 Å². The Bertz CT molecular complexity index is 375. The molecule has 1 rings (SSSR count). The van der Waals surface area contributed by atoms with Crippen LogP contribution in [0.2, 0.25) is 0 Å². The number of anilines is 1. The van der Waals surface area contributed by atoms with Crippen molar-refractivity contribution >= 4 is 5.69 Å². The van der Waals surface area contributed by atoms with Gasteiger partial charge in [0.25, 0.3) is 0 Å². The van der Waals surface area contributed by atoms with E-state index in [0.29, 0.717) is 6.54 Å². The van der Waals surface area contributed by atoms with E-state index >= 15 is 0 Å². The van der Waals surface area contributed by atoms with Gasteiger partial charge in [-0.15, -0.1) is 0 Å². The first-order chi connectivity index (χ1) is 8.58. The Kier molecular flexibility index (Phi) is 5.28. The van der Waals surface area contributed by atoms with Crippen LogP contribution < -0.4 is 14.8 Å². The van der Waals surface area contributed by atoms with E-state index in [9.17, 15) is 5.11 Å². The zero-order valence-electron chi connectivity index (χ0n) is 11.6. The van der Waals surface area contributed by atoms with Crippen LogP contribution in [0.15, 0.2) is 18.2 Å². The highest BCUT2D eigenvalue weighted by Gasteiger charge is 2.21. The summed E-state index contributed by atoms with van der Waals surface area (Å²) < 4.78 is 10.5. The highest BCUT2D eigenvalue weighted by atomic mass is 16.5. The van der Waals surface area contributed by atoms with Crippen LogP contribution in [-0.2, 0) is 0 Å². The summed E-state index contributed by atoms with van der Waals surface area (Å²) in [5.74, 6) is 1.55. The van der Waals surface area contributed by atoms with Crippen LogP contribution in [0.4, 0.5) is 5.69 Å². The Morgan fingerprint density at radius 1 is 1.28 bits per heavy atom. The molecular formula is C14H23NO3. The lowest BCUT2D eigenvalue weighted by Gasteiger charge is -2.27. The van der Waals surface area contributed by atoms with Gasteiger partial charge in [0.15, 0.2) is 0 Å². The van der Waals surface area contributed by atoms with Crippen molar-refractivity contribution in [2.24, 2.45) is 5.41 Å². The lowest BCUT2D eigenvalue weighted by Crippen LogP contribution is -2.29. The lowest BCUT2D eigenvalue weighted by atomic mass is 9.88. The van der Waals surface area contributed by atoms with E-state index in [4.69, 9.17) is 9.47 Å². The molecule has 4 heteroatoms. The number of hydrogen-bond donors (Lipinski definition) is 2. The zero-order valence-corrected chi connectivity index (χ0v) is 11.6. The average Bonchev–Trinajstić information content (AvgIpc) is 2.44. The summed E-state index contributed by atoms with van der Waals surface area (Å²) in [5, 5.41) is 12.7. The molecule has 0 heterocycles. The van der Waals surface area contributed by atoms with Crippen LogP contribution in [0.3, 0.4) is 0 Å². The maximum absolute atomic E-state index is 9.39. The fourth-order valence-corrected chi connectivity index (χ4v) is 1.55. The van der Waals surface area contributed by atoms with Crippen molar-refractivity contribution in [1.82, 2.24) is 0 Å². The van der Waals surface area contributed by atoms with Gasteiger partial charge in [0.1, 0.15) is 11.5 Å². The van der Waals surface area contributed by atoms with Gasteiger partial charge in [-0.3, -0.25) is 0 Å². The van der Waals surface area contributed by atoms with Gasteiger partial charge >= 0.3 is 0 Å². The first kappa shape index (κ1) is 14.6. The Morgan fingerprint density at radius 2 is 2.00 bits per heavy atom. The molecule has 0 spiro atoms. The van der Waals surface area contributed by atoms with Crippen LogP contribution in [0.25, 0.3) is 0 Å². The number of hydrogen-bond acceptors (Lipinski definition) is 4. The monoisotopic (exact) mass is 253 g/mol. The SMILES string of the molecule is CCC(C)(CO)CNc1cc(OC)ccc1OC. The van der Waals surface area contributed by atoms with E-state index in [0.717, 1.165) is 23.6 Å². The van der Waals surface area contributed by atoms with Crippen molar-refractivity contribution in [3.8, 4) is 11.5 Å². The topological polar surface area (TPSA) is 50.7 Å². The van der Waals surface area contributed by atoms with Crippen molar-refractivity contribution in [2.45, 2.75) is 20.3 Å². The first-order valence-electron chi connectivity index (χ1n) is 6.15. The molecule has 0 saturated carbocycles. The highest BCUT2D eigenvalue weighted by Crippen LogP contribution is 2.30. The van der Waals surface area contributed by atoms with Gasteiger partial charge in [0.05, 0.1) is 26.5 Å². The van der Waals surface area contributed by atoms with Crippen molar-refractivity contribution in [3.05, 3.63) is 18.2 Å². The third-order valence-electron chi connectivity index (χ3n) is 3.35. The molecule has 1 unspecified atom stereocenters. The van der Waals surface area contributed by atoms with Crippen molar-refractivity contribution in [2.75, 3.05) is 32.7 Å². The predicted molar refractivity (Wildman–Crippen MR) is 73.5 cm³/mol. The first-order valence-corrected chi connectivity index (χ1v) is 6.15. The maximum Gasteiger partial charge on any atom is 0.142 e. The predicted octanol–water partition coefficient (Wildman–Crippen LogP) is 2.52. The molecule has 1 aromatic carbocycles. The molecule has 0 radical (unpaired) electrons. The molecule has 102 valence electrons. The number of benzene rings is 1. The molecule has 1 aromatic rings. The second kappa shape index (κ2) is 6.50. The normalized spacial score (nSPS) is 13.8. The van der Waals surface area contributed by atoms with E-state index in [-0.39, 0.29) is 12.0 Å². The van der Waals surface area contributed by atoms with Crippen LogP contribution >= 0.6 is 0 Å². The Balaban J connectivity index is 2.82. The molecule has 0 amide bonds. The van der Waals surface area contributed by atoms with E-state index in [1.165, 1.54) is 0 Å². The Hall–Kier alpha value is -1.42. The van der Waals surface area contributed by atoms with Gasteiger partial charge in [0, 0.05) is 18.0 Å². The zero-order chi connectivity index (χ0) is 13.6. The molecular weight excluding hydrogens is 230 g/mol. The van der Waals surface area contributed by atoms with Crippen molar-refractivity contribution < 1.29 is 14.6 Å². The number of nitrogens with one attached hydrogen (secondary N) is 1. The van der Waals surface area contributed by atoms with Crippen LogP contribution in [-0.4, -0.2) is 32.5 Å². The summed E-state index contributed by atoms with van der Waals surface area (Å²) in [6, 6.07) is 5.62. The lowest BCUT2D eigenvalue weighted by molar-refractivity contribution is 0.149. The van der Waals surface area contributed by atoms with E-state index in [1.807, 2.05) is 25.1 Å². The Morgan fingerprint density at radius 3 is 2.50 bits per heavy atom. The third-order valence-corrected chi connectivity index (χ3v) is 3.35. The Labute approximate surface area is 109 Å². The summed E-state index contributed by atoms with van der Waals surface area (Å²) >= 11 is 0. The fraction of sp³-hybridized carbons (Fsp3) is 0.571. The minimum Gasteiger partial charge on any atom is -0.497 e. The molecule has 0 aliphatic heterocycles. The van der Waals surface area contributed by atoms with Crippen molar-refractivity contribution in [3.63, 3.8) is 0 Å². The molecule has 0 bridgehead atoms. The molecule has 0 aromatic heterocycles. The van der Waals surface area contributed by atoms with E-state index in [2.05, 4.69) is 12.2 Å². The molecule has 4 nitrogen and oxygen atoms in total. The molecule has 0 fully saturated rings. The maximum atomic E-state index is 9.39. The molecule has 0 saturated heterocycles. The van der Waals surface area contributed by atoms with Gasteiger partial charge in [-0.1, -0.05) is 13.8 Å². The molecule has 18 heavy (non-hydrogen) atoms. The molecule has 0 aliphatic carbocycles. The number of aliphatic hydroxyl groups excluding tert-OH is 1. The van der Waals surface area contributed by atoms with Crippen LogP contribution in [0.5, 0.6) is 11.5 Å². The van der Waals surface area contributed by atoms with Gasteiger partial charge in [-0.05, 0) is 18.6 Å². The summed E-state index contributed by atoms with van der Waals surface area (Å²) in [5.41, 5.74) is 0.749. The van der Waals surface area contributed by atoms with Gasteiger partial charge in [0.2, 0.25) is 0 Å². The minimum absolute atomic E-state index is 0.131. The third kappa shape index (κ3) is 3.53. The number of aliphatic hydroxyl groups is 1. The van der Waals surface area contributed by atoms with Crippen LogP contribution in [0, 0.1) is 5.41 Å². The quantitative estimate of drug-likeness (QED) is 0.784. The minimum atomic E-state index is -0.131. The highest BCUT2D eigenvalue weighted by molar-refractivity contribution is 5.59. The summed E-state index contributed by atoms with van der Waals surface area (Å²) in [6.45, 7) is 4.96. The van der Waals surface area contributed by atoms with Gasteiger partial charge in [-0.2, -0.15) is 0 Å². The number of rotatable bonds is 7. The summed E-state index contributed by atoms with van der Waals surface area (Å²) in [6.07, 6.45) is 0.906. The van der Waals surface area contributed by atoms with E-state index in [1.54, 1.807) is 14.2 Å². The number of methoxy groups -OCH3 is 2. The largest absolute Gasteiger partial charge is 0.497 e. The average molecular weight is 253 g/mol. The molecule has 2 N–H and O–H groups in total. The van der Waals surface area contributed by atoms with Gasteiger partial charge < -0.3 is 19.9 Å². The molecule has 1 atom stereocenters. The summed E-state index contributed by atoms with van der Waals surface area (Å²) in [7, 11) is 3.27. The number of ether oxygens (including phenoxy) is 2. The smallest absolute Gasteiger partial charge is 0.142 e. The second-order valence-electron chi connectivity index (χ2n) is 4.74. The van der Waals surface area contributed by atoms with Crippen molar-refractivity contribution in [1.29, 1.82) is 0 Å². The second-order valence-corrected chi connectivity index (χ2v) is 4.74. The summed E-state index contributed by atoms with van der Waals surface area (Å²) in [4.78, 5) is 0. The molecule has 0 aliphatic rings. The standard InChI is InChI=1S/C14H23NO3/c1-5-14(2,10-16)9-15-12-8-11(17-3)6-7-13(12)18-4/h6-8,15-16H,5,9-10H2,1-4H3. The fourth-order valence-electron chi connectivity index (χ4n) is 1.55. The van der Waals surface area contributed by atoms with E-state index < -0.39 is 0 Å².